The number of benzene rings is 1. The van der Waals surface area contributed by atoms with Crippen LogP contribution in [0, 0.1) is 0 Å². The molecule has 0 saturated heterocycles. The first-order valence-corrected chi connectivity index (χ1v) is 6.04. The Balaban J connectivity index is 2.04. The van der Waals surface area contributed by atoms with Gasteiger partial charge in [-0.15, -0.1) is 0 Å². The van der Waals surface area contributed by atoms with Crippen LogP contribution in [0.5, 0.6) is 0 Å². The van der Waals surface area contributed by atoms with Crippen LogP contribution in [0.3, 0.4) is 0 Å². The lowest BCUT2D eigenvalue weighted by Crippen LogP contribution is -2.35. The third-order valence-electron chi connectivity index (χ3n) is 3.60. The van der Waals surface area contributed by atoms with Crippen LogP contribution >= 0.6 is 0 Å². The van der Waals surface area contributed by atoms with Gasteiger partial charge in [-0.3, -0.25) is 4.68 Å². The van der Waals surface area contributed by atoms with Crippen molar-refractivity contribution >= 4 is 10.9 Å². The summed E-state index contributed by atoms with van der Waals surface area (Å²) in [6.07, 6.45) is 6.76. The largest absolute Gasteiger partial charge is 0.326 e. The van der Waals surface area contributed by atoms with Gasteiger partial charge in [0.05, 0.1) is 17.8 Å². The molecule has 0 aliphatic heterocycles. The van der Waals surface area contributed by atoms with E-state index in [2.05, 4.69) is 34.0 Å². The van der Waals surface area contributed by atoms with E-state index < -0.39 is 0 Å². The predicted molar refractivity (Wildman–Crippen MR) is 65.2 cm³/mol. The Morgan fingerprint density at radius 2 is 2.00 bits per heavy atom. The molecule has 3 heteroatoms. The number of hydrogen-bond donors (Lipinski definition) is 1. The zero-order chi connectivity index (χ0) is 11.0. The lowest BCUT2D eigenvalue weighted by molar-refractivity contribution is 0.293. The highest BCUT2D eigenvalue weighted by Crippen LogP contribution is 2.29. The number of hydrogen-bond acceptors (Lipinski definition) is 2. The molecule has 3 rings (SSSR count). The lowest BCUT2D eigenvalue weighted by Gasteiger charge is -2.29. The number of nitrogens with zero attached hydrogens (tertiary/aromatic N) is 2. The summed E-state index contributed by atoms with van der Waals surface area (Å²) in [7, 11) is 0. The molecule has 1 heterocycles. The van der Waals surface area contributed by atoms with E-state index in [0.29, 0.717) is 6.04 Å². The van der Waals surface area contributed by atoms with Gasteiger partial charge in [-0.2, -0.15) is 5.10 Å². The fourth-order valence-electron chi connectivity index (χ4n) is 2.70. The van der Waals surface area contributed by atoms with Gasteiger partial charge in [0.25, 0.3) is 0 Å². The van der Waals surface area contributed by atoms with Crippen molar-refractivity contribution in [3.63, 3.8) is 0 Å². The zero-order valence-corrected chi connectivity index (χ0v) is 9.34. The summed E-state index contributed by atoms with van der Waals surface area (Å²) in [5.41, 5.74) is 7.41. The molecule has 0 bridgehead atoms. The van der Waals surface area contributed by atoms with Crippen molar-refractivity contribution in [2.24, 2.45) is 5.73 Å². The van der Waals surface area contributed by atoms with Crippen molar-refractivity contribution in [2.45, 2.75) is 37.8 Å². The van der Waals surface area contributed by atoms with E-state index in [1.54, 1.807) is 0 Å². The Labute approximate surface area is 95.2 Å². The first-order chi connectivity index (χ1) is 7.86. The normalized spacial score (nSPS) is 26.1. The average Bonchev–Trinajstić information content (AvgIpc) is 2.74. The molecule has 0 spiro atoms. The van der Waals surface area contributed by atoms with Crippen molar-refractivity contribution in [3.8, 4) is 0 Å². The Kier molecular flexibility index (Phi) is 2.40. The van der Waals surface area contributed by atoms with Crippen molar-refractivity contribution in [1.82, 2.24) is 9.78 Å². The number of nitrogens with two attached hydrogens (primary N) is 1. The number of aromatic nitrogens is 2. The summed E-state index contributed by atoms with van der Waals surface area (Å²) in [6, 6.07) is 8.99. The van der Waals surface area contributed by atoms with E-state index in [-0.39, 0.29) is 6.04 Å². The molecule has 1 aliphatic carbocycles. The second-order valence-corrected chi connectivity index (χ2v) is 4.66. The fourth-order valence-corrected chi connectivity index (χ4v) is 2.70. The summed E-state index contributed by atoms with van der Waals surface area (Å²) in [4.78, 5) is 0. The maximum absolute atomic E-state index is 6.20. The van der Waals surface area contributed by atoms with Gasteiger partial charge in [0.2, 0.25) is 0 Å². The molecule has 16 heavy (non-hydrogen) atoms. The van der Waals surface area contributed by atoms with Crippen LogP contribution < -0.4 is 5.73 Å². The van der Waals surface area contributed by atoms with Gasteiger partial charge in [-0.05, 0) is 18.9 Å². The molecule has 2 unspecified atom stereocenters. The molecule has 1 fully saturated rings. The maximum atomic E-state index is 6.20. The molecule has 2 N–H and O–H groups in total. The summed E-state index contributed by atoms with van der Waals surface area (Å²) >= 11 is 0. The van der Waals surface area contributed by atoms with E-state index >= 15 is 0 Å². The number of para-hydroxylation sites is 1. The molecule has 2 atom stereocenters. The van der Waals surface area contributed by atoms with E-state index in [0.717, 1.165) is 12.8 Å². The standard InChI is InChI=1S/C13H17N3/c14-11-6-2-4-8-13(11)16-12-7-3-1-5-10(12)9-15-16/h1,3,5,7,9,11,13H,2,4,6,8,14H2. The lowest BCUT2D eigenvalue weighted by atomic mass is 9.91. The number of fused-ring (bicyclic) bond motifs is 1. The summed E-state index contributed by atoms with van der Waals surface area (Å²) < 4.78 is 2.12. The van der Waals surface area contributed by atoms with Crippen molar-refractivity contribution in [2.75, 3.05) is 0 Å². The summed E-state index contributed by atoms with van der Waals surface area (Å²) in [5, 5.41) is 5.71. The second kappa shape index (κ2) is 3.91. The van der Waals surface area contributed by atoms with Crippen LogP contribution in [-0.2, 0) is 0 Å². The van der Waals surface area contributed by atoms with E-state index in [1.807, 2.05) is 6.20 Å². The van der Waals surface area contributed by atoms with E-state index in [1.165, 1.54) is 23.7 Å². The minimum atomic E-state index is 0.261. The van der Waals surface area contributed by atoms with Crippen molar-refractivity contribution < 1.29 is 0 Å². The SMILES string of the molecule is NC1CCCCC1n1ncc2ccccc21. The fraction of sp³-hybridized carbons (Fsp3) is 0.462. The molecule has 0 radical (unpaired) electrons. The van der Waals surface area contributed by atoms with Crippen LogP contribution in [0.1, 0.15) is 31.7 Å². The van der Waals surface area contributed by atoms with Gasteiger partial charge in [-0.1, -0.05) is 31.0 Å². The Hall–Kier alpha value is -1.35. The van der Waals surface area contributed by atoms with Crippen LogP contribution in [0.25, 0.3) is 10.9 Å². The van der Waals surface area contributed by atoms with Gasteiger partial charge in [0.1, 0.15) is 0 Å². The Bertz CT molecular complexity index is 489. The van der Waals surface area contributed by atoms with Crippen LogP contribution in [-0.4, -0.2) is 15.8 Å². The van der Waals surface area contributed by atoms with Gasteiger partial charge in [-0.25, -0.2) is 0 Å². The Morgan fingerprint density at radius 3 is 2.88 bits per heavy atom. The number of rotatable bonds is 1. The Morgan fingerprint density at radius 1 is 1.19 bits per heavy atom. The molecule has 84 valence electrons. The van der Waals surface area contributed by atoms with Gasteiger partial charge in [0, 0.05) is 11.4 Å². The molecule has 1 aliphatic rings. The zero-order valence-electron chi connectivity index (χ0n) is 9.34. The molecular formula is C13H17N3. The summed E-state index contributed by atoms with van der Waals surface area (Å²) in [6.45, 7) is 0. The highest BCUT2D eigenvalue weighted by Gasteiger charge is 2.24. The highest BCUT2D eigenvalue weighted by molar-refractivity contribution is 5.78. The van der Waals surface area contributed by atoms with Crippen LogP contribution in [0.2, 0.25) is 0 Å². The van der Waals surface area contributed by atoms with Gasteiger partial charge < -0.3 is 5.73 Å². The van der Waals surface area contributed by atoms with Crippen molar-refractivity contribution in [1.29, 1.82) is 0 Å². The van der Waals surface area contributed by atoms with Gasteiger partial charge in [0.15, 0.2) is 0 Å². The van der Waals surface area contributed by atoms with Crippen molar-refractivity contribution in [3.05, 3.63) is 30.5 Å². The molecular weight excluding hydrogens is 198 g/mol. The average molecular weight is 215 g/mol. The molecule has 0 amide bonds. The van der Waals surface area contributed by atoms with Crippen LogP contribution in [0.15, 0.2) is 30.5 Å². The topological polar surface area (TPSA) is 43.8 Å². The first-order valence-electron chi connectivity index (χ1n) is 6.04. The smallest absolute Gasteiger partial charge is 0.0686 e. The minimum Gasteiger partial charge on any atom is -0.326 e. The van der Waals surface area contributed by atoms with Gasteiger partial charge >= 0.3 is 0 Å². The van der Waals surface area contributed by atoms with E-state index in [9.17, 15) is 0 Å². The maximum Gasteiger partial charge on any atom is 0.0686 e. The second-order valence-electron chi connectivity index (χ2n) is 4.66. The molecule has 1 aromatic carbocycles. The molecule has 3 nitrogen and oxygen atoms in total. The van der Waals surface area contributed by atoms with Crippen LogP contribution in [0.4, 0.5) is 0 Å². The van der Waals surface area contributed by atoms with E-state index in [4.69, 9.17) is 5.73 Å². The first kappa shape index (κ1) is 9.85. The quantitative estimate of drug-likeness (QED) is 0.794. The molecule has 1 saturated carbocycles. The predicted octanol–water partition coefficient (Wildman–Crippen LogP) is 2.48. The third kappa shape index (κ3) is 1.52. The highest BCUT2D eigenvalue weighted by atomic mass is 15.3. The molecule has 2 aromatic rings. The third-order valence-corrected chi connectivity index (χ3v) is 3.60. The molecule has 1 aromatic heterocycles. The monoisotopic (exact) mass is 215 g/mol. The summed E-state index contributed by atoms with van der Waals surface area (Å²) in [5.74, 6) is 0. The minimum absolute atomic E-state index is 0.261.